The fourth-order valence-corrected chi connectivity index (χ4v) is 5.15. The topological polar surface area (TPSA) is 76.2 Å². The fourth-order valence-electron chi connectivity index (χ4n) is 4.20. The van der Waals surface area contributed by atoms with Gasteiger partial charge in [0.15, 0.2) is 0 Å². The van der Waals surface area contributed by atoms with Crippen LogP contribution in [0.15, 0.2) is 48.5 Å². The smallest absolute Gasteiger partial charge is 0.410 e. The van der Waals surface area contributed by atoms with Gasteiger partial charge in [-0.3, -0.25) is 4.31 Å². The monoisotopic (exact) mass is 492 g/mol. The third-order valence-electron chi connectivity index (χ3n) is 5.65. The molecule has 1 saturated heterocycles. The lowest BCUT2D eigenvalue weighted by Gasteiger charge is -2.47. The Kier molecular flexibility index (Phi) is 7.75. The van der Waals surface area contributed by atoms with Crippen LogP contribution in [0.25, 0.3) is 0 Å². The number of halogens is 1. The zero-order chi connectivity index (χ0) is 25.1. The molecule has 9 heteroatoms. The van der Waals surface area contributed by atoms with Crippen LogP contribution in [0, 0.1) is 5.82 Å². The van der Waals surface area contributed by atoms with Crippen LogP contribution in [0.5, 0.6) is 5.75 Å². The van der Waals surface area contributed by atoms with Crippen molar-refractivity contribution in [2.45, 2.75) is 64.7 Å². The van der Waals surface area contributed by atoms with Gasteiger partial charge in [-0.05, 0) is 89.4 Å². The van der Waals surface area contributed by atoms with Crippen molar-refractivity contribution in [3.8, 4) is 5.75 Å². The third kappa shape index (κ3) is 6.00. The quantitative estimate of drug-likeness (QED) is 0.582. The van der Waals surface area contributed by atoms with Crippen molar-refractivity contribution in [2.24, 2.45) is 0 Å². The summed E-state index contributed by atoms with van der Waals surface area (Å²) in [6, 6.07) is 12.7. The number of rotatable bonds is 6. The number of benzene rings is 2. The molecule has 0 spiro atoms. The van der Waals surface area contributed by atoms with Gasteiger partial charge in [0.2, 0.25) is 10.9 Å². The summed E-state index contributed by atoms with van der Waals surface area (Å²) in [4.78, 5) is 14.2. The molecule has 1 aliphatic heterocycles. The van der Waals surface area contributed by atoms with E-state index < -0.39 is 33.9 Å². The molecule has 34 heavy (non-hydrogen) atoms. The third-order valence-corrected chi connectivity index (χ3v) is 6.59. The highest BCUT2D eigenvalue weighted by Gasteiger charge is 2.45. The van der Waals surface area contributed by atoms with E-state index in [4.69, 9.17) is 9.47 Å². The molecule has 0 unspecified atom stereocenters. The molecule has 0 atom stereocenters. The molecule has 0 aliphatic carbocycles. The second-order valence-electron chi connectivity index (χ2n) is 9.72. The molecular weight excluding hydrogens is 459 g/mol. The summed E-state index contributed by atoms with van der Waals surface area (Å²) in [5.74, 6) is 0.230. The van der Waals surface area contributed by atoms with E-state index in [1.807, 2.05) is 13.8 Å². The van der Waals surface area contributed by atoms with E-state index in [1.165, 1.54) is 16.4 Å². The van der Waals surface area contributed by atoms with Crippen molar-refractivity contribution in [3.63, 3.8) is 0 Å². The molecule has 2 aromatic carbocycles. The van der Waals surface area contributed by atoms with Gasteiger partial charge >= 0.3 is 6.09 Å². The van der Waals surface area contributed by atoms with Gasteiger partial charge in [0.1, 0.15) is 17.2 Å². The second kappa shape index (κ2) is 10.2. The minimum atomic E-state index is -3.06. The number of hydrogen-bond acceptors (Lipinski definition) is 5. The molecular formula is C25H33FN2O5S. The Morgan fingerprint density at radius 2 is 1.59 bits per heavy atom. The predicted octanol–water partition coefficient (Wildman–Crippen LogP) is 4.87. The number of nitrogens with zero attached hydrogens (tertiary/aromatic N) is 2. The van der Waals surface area contributed by atoms with Crippen LogP contribution >= 0.6 is 0 Å². The maximum Gasteiger partial charge on any atom is 0.410 e. The fraction of sp³-hybridized carbons (Fsp3) is 0.480. The number of likely N-dealkylation sites (tertiary alicyclic amines) is 1. The molecule has 0 bridgehead atoms. The average molecular weight is 493 g/mol. The lowest BCUT2D eigenvalue weighted by Crippen LogP contribution is -2.54. The van der Waals surface area contributed by atoms with Gasteiger partial charge in [-0.25, -0.2) is 17.6 Å². The lowest BCUT2D eigenvalue weighted by atomic mass is 9.80. The number of anilines is 1. The minimum Gasteiger partial charge on any atom is -0.491 e. The molecule has 0 radical (unpaired) electrons. The largest absolute Gasteiger partial charge is 0.491 e. The second-order valence-corrected chi connectivity index (χ2v) is 10.6. The highest BCUT2D eigenvalue weighted by atomic mass is 32.2. The predicted molar refractivity (Wildman–Crippen MR) is 130 cm³/mol. The SMILES string of the molecule is CC(C)Oc1ccc(N([SH](=O)=O)C2(c3ccc(F)cc3)CCN(C(=O)OC(C)(C)C)CC2)cc1. The Bertz CT molecular complexity index is 1050. The molecule has 1 heterocycles. The van der Waals surface area contributed by atoms with Gasteiger partial charge in [-0.2, -0.15) is 0 Å². The van der Waals surface area contributed by atoms with Crippen LogP contribution in [0.3, 0.4) is 0 Å². The Labute approximate surface area is 202 Å². The summed E-state index contributed by atoms with van der Waals surface area (Å²) < 4.78 is 51.6. The van der Waals surface area contributed by atoms with E-state index in [2.05, 4.69) is 0 Å². The van der Waals surface area contributed by atoms with E-state index in [0.717, 1.165) is 0 Å². The zero-order valence-electron chi connectivity index (χ0n) is 20.3. The molecule has 0 N–H and O–H groups in total. The standard InChI is InChI=1S/C25H33FN2O5S/c1-18(2)32-22-12-10-21(11-13-22)28(34(30)31)25(19-6-8-20(26)9-7-19)14-16-27(17-15-25)23(29)33-24(3,4)5/h6-13,18,34H,14-17H2,1-5H3. The van der Waals surface area contributed by atoms with E-state index in [-0.39, 0.29) is 6.10 Å². The van der Waals surface area contributed by atoms with Gasteiger partial charge < -0.3 is 14.4 Å². The van der Waals surface area contributed by atoms with Crippen LogP contribution in [0.4, 0.5) is 14.9 Å². The molecule has 1 aliphatic rings. The number of piperidine rings is 1. The van der Waals surface area contributed by atoms with Crippen molar-refractivity contribution < 1.29 is 27.1 Å². The maximum atomic E-state index is 13.7. The van der Waals surface area contributed by atoms with Crippen molar-refractivity contribution in [3.05, 3.63) is 59.9 Å². The number of carbonyl (C=O) groups excluding carboxylic acids is 1. The van der Waals surface area contributed by atoms with Crippen LogP contribution in [0.2, 0.25) is 0 Å². The first-order valence-electron chi connectivity index (χ1n) is 11.4. The number of amides is 1. The summed E-state index contributed by atoms with van der Waals surface area (Å²) in [6.07, 6.45) is 0.200. The van der Waals surface area contributed by atoms with Gasteiger partial charge in [0.05, 0.1) is 17.3 Å². The number of hydrogen-bond donors (Lipinski definition) is 1. The number of carbonyl (C=O) groups is 1. The van der Waals surface area contributed by atoms with Crippen LogP contribution < -0.4 is 9.04 Å². The van der Waals surface area contributed by atoms with Crippen molar-refractivity contribution in [1.29, 1.82) is 0 Å². The van der Waals surface area contributed by atoms with Crippen LogP contribution in [-0.4, -0.2) is 44.2 Å². The van der Waals surface area contributed by atoms with Gasteiger partial charge in [-0.1, -0.05) is 12.1 Å². The molecule has 186 valence electrons. The molecule has 1 fully saturated rings. The Balaban J connectivity index is 1.98. The zero-order valence-corrected chi connectivity index (χ0v) is 21.2. The Morgan fingerprint density at radius 1 is 1.03 bits per heavy atom. The van der Waals surface area contributed by atoms with Gasteiger partial charge in [0.25, 0.3) is 0 Å². The first-order valence-corrected chi connectivity index (χ1v) is 12.5. The molecule has 7 nitrogen and oxygen atoms in total. The maximum absolute atomic E-state index is 13.7. The highest BCUT2D eigenvalue weighted by molar-refractivity contribution is 7.74. The van der Waals surface area contributed by atoms with E-state index in [1.54, 1.807) is 62.1 Å². The normalized spacial score (nSPS) is 15.9. The summed E-state index contributed by atoms with van der Waals surface area (Å²) >= 11 is 0. The first kappa shape index (κ1) is 25.8. The van der Waals surface area contributed by atoms with Crippen LogP contribution in [0.1, 0.15) is 53.0 Å². The van der Waals surface area contributed by atoms with Crippen molar-refractivity contribution in [1.82, 2.24) is 4.90 Å². The first-order chi connectivity index (χ1) is 15.9. The lowest BCUT2D eigenvalue weighted by molar-refractivity contribution is 0.0169. The van der Waals surface area contributed by atoms with E-state index in [9.17, 15) is 17.6 Å². The minimum absolute atomic E-state index is 0.0131. The van der Waals surface area contributed by atoms with Gasteiger partial charge in [0, 0.05) is 13.1 Å². The van der Waals surface area contributed by atoms with Crippen molar-refractivity contribution >= 4 is 22.7 Å². The summed E-state index contributed by atoms with van der Waals surface area (Å²) in [7, 11) is -3.06. The Hall–Kier alpha value is -2.81. The molecule has 2 aromatic rings. The number of ether oxygens (including phenoxy) is 2. The average Bonchev–Trinajstić information content (AvgIpc) is 2.74. The molecule has 0 aromatic heterocycles. The van der Waals surface area contributed by atoms with Crippen molar-refractivity contribution in [2.75, 3.05) is 17.4 Å². The molecule has 3 rings (SSSR count). The summed E-state index contributed by atoms with van der Waals surface area (Å²) in [5.41, 5.74) is -0.476. The number of thiol groups is 1. The van der Waals surface area contributed by atoms with E-state index >= 15 is 0 Å². The van der Waals surface area contributed by atoms with E-state index in [0.29, 0.717) is 42.9 Å². The molecule has 1 amide bonds. The Morgan fingerprint density at radius 3 is 2.06 bits per heavy atom. The van der Waals surface area contributed by atoms with Crippen LogP contribution in [-0.2, 0) is 21.2 Å². The summed E-state index contributed by atoms with van der Waals surface area (Å²) in [6.45, 7) is 9.81. The molecule has 0 saturated carbocycles. The summed E-state index contributed by atoms with van der Waals surface area (Å²) in [5, 5.41) is 0. The highest BCUT2D eigenvalue weighted by Crippen LogP contribution is 2.42. The van der Waals surface area contributed by atoms with Gasteiger partial charge in [-0.15, -0.1) is 0 Å².